The molecule has 1 aliphatic carbocycles. The molecular weight excluding hydrogens is 307 g/mol. The molecule has 104 valence electrons. The van der Waals surface area contributed by atoms with Crippen molar-refractivity contribution in [1.82, 2.24) is 0 Å². The molecule has 4 heteroatoms. The first-order valence-electron chi connectivity index (χ1n) is 6.14. The molecule has 0 atom stereocenters. The van der Waals surface area contributed by atoms with E-state index in [1.807, 2.05) is 0 Å². The van der Waals surface area contributed by atoms with Gasteiger partial charge in [0.15, 0.2) is 0 Å². The minimum absolute atomic E-state index is 0.417. The van der Waals surface area contributed by atoms with Gasteiger partial charge in [0.1, 0.15) is 0 Å². The molecule has 0 bridgehead atoms. The Kier molecular flexibility index (Phi) is 22.4. The molecule has 0 aromatic carbocycles. The third-order valence-corrected chi connectivity index (χ3v) is 1.68. The zero-order valence-corrected chi connectivity index (χ0v) is 14.9. The van der Waals surface area contributed by atoms with Crippen molar-refractivity contribution >= 4 is 0 Å². The molecule has 1 aliphatic rings. The van der Waals surface area contributed by atoms with Crippen LogP contribution in [-0.4, -0.2) is 18.3 Å². The van der Waals surface area contributed by atoms with Crippen LogP contribution in [0, 0.1) is 0 Å². The summed E-state index contributed by atoms with van der Waals surface area (Å²) in [6, 6.07) is 0. The molecule has 0 unspecified atom stereocenters. The molecule has 0 spiro atoms. The van der Waals surface area contributed by atoms with Crippen molar-refractivity contribution in [3.05, 3.63) is 21.5 Å². The van der Waals surface area contributed by atoms with Crippen LogP contribution in [0.1, 0.15) is 48.0 Å². The number of hydrogen-bond acceptors (Lipinski definition) is 3. The van der Waals surface area contributed by atoms with Gasteiger partial charge in [-0.1, -0.05) is 41.5 Å². The van der Waals surface area contributed by atoms with E-state index in [4.69, 9.17) is 0 Å². The van der Waals surface area contributed by atoms with Crippen LogP contribution in [0.5, 0.6) is 0 Å². The first kappa shape index (κ1) is 23.3. The molecular formula is C14H26O3Zr. The number of allylic oxidation sites excluding steroid dienone is 4. The maximum absolute atomic E-state index is 9.53. The van der Waals surface area contributed by atoms with Crippen molar-refractivity contribution in [3.63, 3.8) is 0 Å². The van der Waals surface area contributed by atoms with Crippen LogP contribution >= 0.6 is 0 Å². The van der Waals surface area contributed by atoms with Gasteiger partial charge in [-0.05, 0) is 0 Å². The van der Waals surface area contributed by atoms with E-state index in [0.717, 1.165) is 0 Å². The molecule has 3 nitrogen and oxygen atoms in total. The summed E-state index contributed by atoms with van der Waals surface area (Å²) in [7, 11) is 0. The quantitative estimate of drug-likeness (QED) is 0.653. The predicted molar refractivity (Wildman–Crippen MR) is 67.2 cm³/mol. The summed E-state index contributed by atoms with van der Waals surface area (Å²) in [6.07, 6.45) is 6.44. The van der Waals surface area contributed by atoms with Crippen molar-refractivity contribution in [3.8, 4) is 0 Å². The Morgan fingerprint density at radius 3 is 1.22 bits per heavy atom. The molecule has 0 saturated carbocycles. The summed E-state index contributed by atoms with van der Waals surface area (Å²) in [5, 5.41) is 28.6. The predicted octanol–water partition coefficient (Wildman–Crippen LogP) is 0.642. The van der Waals surface area contributed by atoms with E-state index in [0.29, 0.717) is 0 Å². The van der Waals surface area contributed by atoms with Crippen molar-refractivity contribution in [2.45, 2.75) is 66.3 Å². The van der Waals surface area contributed by atoms with Gasteiger partial charge < -0.3 is 15.3 Å². The van der Waals surface area contributed by atoms with E-state index in [1.54, 1.807) is 69.5 Å². The topological polar surface area (TPSA) is 69.2 Å². The Balaban J connectivity index is -0.000000171. The van der Waals surface area contributed by atoms with Crippen molar-refractivity contribution in [1.29, 1.82) is 0 Å². The van der Waals surface area contributed by atoms with E-state index < -0.39 is 18.3 Å². The first-order chi connectivity index (χ1) is 8.09. The SMILES string of the molecule is CC(C)[O-].CC(C)[O-].CC(C)[O-].[Zr+3][C]1=CC=CC1. The van der Waals surface area contributed by atoms with E-state index in [-0.39, 0.29) is 0 Å². The molecule has 18 heavy (non-hydrogen) atoms. The van der Waals surface area contributed by atoms with Gasteiger partial charge in [0.05, 0.1) is 0 Å². The van der Waals surface area contributed by atoms with Crippen LogP contribution < -0.4 is 15.3 Å². The van der Waals surface area contributed by atoms with Gasteiger partial charge in [0.25, 0.3) is 0 Å². The Morgan fingerprint density at radius 2 is 1.17 bits per heavy atom. The standard InChI is InChI=1S/C5H5.3C3H7O.Zr/c1-2-4-5-3-1;3*1-3(2)4;/h1-3H,4H2;3*3H,1-2H3;/q;3*-1;+3. The summed E-state index contributed by atoms with van der Waals surface area (Å²) in [5.41, 5.74) is 0. The number of hydrogen-bond donors (Lipinski definition) is 0. The molecule has 0 amide bonds. The van der Waals surface area contributed by atoms with Gasteiger partial charge in [-0.15, -0.1) is 18.3 Å². The Labute approximate surface area is 127 Å². The van der Waals surface area contributed by atoms with Gasteiger partial charge in [0.2, 0.25) is 0 Å². The third-order valence-electron chi connectivity index (χ3n) is 0.771. The second kappa shape index (κ2) is 17.2. The van der Waals surface area contributed by atoms with Crippen LogP contribution in [0.25, 0.3) is 0 Å². The molecule has 0 aromatic heterocycles. The second-order valence-corrected chi connectivity index (χ2v) is 6.05. The fraction of sp³-hybridized carbons (Fsp3) is 0.714. The van der Waals surface area contributed by atoms with E-state index >= 15 is 0 Å². The van der Waals surface area contributed by atoms with Crippen molar-refractivity contribution in [2.75, 3.05) is 0 Å². The first-order valence-corrected chi connectivity index (χ1v) is 7.37. The van der Waals surface area contributed by atoms with Crippen LogP contribution in [0.4, 0.5) is 0 Å². The average Bonchev–Trinajstić information content (AvgIpc) is 2.51. The Bertz CT molecular complexity index is 187. The molecule has 0 aliphatic heterocycles. The van der Waals surface area contributed by atoms with E-state index in [1.165, 1.54) is 6.42 Å². The molecule has 0 fully saturated rings. The molecule has 1 rings (SSSR count). The summed E-state index contributed by atoms with van der Waals surface area (Å²) in [4.78, 5) is 0. The monoisotopic (exact) mass is 332 g/mol. The van der Waals surface area contributed by atoms with E-state index in [9.17, 15) is 15.3 Å². The fourth-order valence-corrected chi connectivity index (χ4v) is 0.973. The minimum atomic E-state index is -0.417. The Morgan fingerprint density at radius 1 is 0.889 bits per heavy atom. The third kappa shape index (κ3) is 71.9. The van der Waals surface area contributed by atoms with Crippen LogP contribution in [0.2, 0.25) is 0 Å². The average molecular weight is 334 g/mol. The fourth-order valence-electron chi connectivity index (χ4n) is 0.447. The van der Waals surface area contributed by atoms with Crippen LogP contribution in [-0.2, 0) is 24.7 Å². The molecule has 0 N–H and O–H groups in total. The normalized spacial score (nSPS) is 12.2. The molecule has 0 radical (unpaired) electrons. The van der Waals surface area contributed by atoms with Gasteiger partial charge in [-0.3, -0.25) is 0 Å². The summed E-state index contributed by atoms with van der Waals surface area (Å²) < 4.78 is 1.56. The van der Waals surface area contributed by atoms with Crippen molar-refractivity contribution < 1.29 is 40.0 Å². The Hall–Kier alpha value is 0.243. The second-order valence-electron chi connectivity index (χ2n) is 4.47. The van der Waals surface area contributed by atoms with Gasteiger partial charge in [-0.25, -0.2) is 0 Å². The van der Waals surface area contributed by atoms with Crippen molar-refractivity contribution in [2.24, 2.45) is 0 Å². The van der Waals surface area contributed by atoms with Gasteiger partial charge in [-0.2, -0.15) is 0 Å². The zero-order chi connectivity index (χ0) is 15.1. The summed E-state index contributed by atoms with van der Waals surface area (Å²) in [5.74, 6) is 0. The summed E-state index contributed by atoms with van der Waals surface area (Å²) in [6.45, 7) is 9.67. The van der Waals surface area contributed by atoms with Gasteiger partial charge >= 0.3 is 52.6 Å². The van der Waals surface area contributed by atoms with Crippen LogP contribution in [0.3, 0.4) is 0 Å². The molecule has 0 heterocycles. The maximum atomic E-state index is 9.53. The molecule has 0 saturated heterocycles. The van der Waals surface area contributed by atoms with Gasteiger partial charge in [0, 0.05) is 0 Å². The number of rotatable bonds is 0. The zero-order valence-electron chi connectivity index (χ0n) is 12.4. The molecule has 0 aromatic rings. The summed E-state index contributed by atoms with van der Waals surface area (Å²) >= 11 is 1.56. The van der Waals surface area contributed by atoms with Crippen LogP contribution in [0.15, 0.2) is 21.5 Å². The van der Waals surface area contributed by atoms with E-state index in [2.05, 4.69) is 18.2 Å².